The van der Waals surface area contributed by atoms with Gasteiger partial charge in [-0.1, -0.05) is 41.9 Å². The number of ether oxygens (including phenoxy) is 1. The summed E-state index contributed by atoms with van der Waals surface area (Å²) in [7, 11) is 0. The first-order chi connectivity index (χ1) is 19.3. The van der Waals surface area contributed by atoms with Gasteiger partial charge in [0.15, 0.2) is 22.9 Å². The zero-order valence-corrected chi connectivity index (χ0v) is 22.6. The fraction of sp³-hybridized carbons (Fsp3) is 0.500. The molecule has 8 N–H and O–H groups in total. The zero-order valence-electron chi connectivity index (χ0n) is 21.9. The minimum absolute atomic E-state index is 0.0140. The Labute approximate surface area is 236 Å². The highest BCUT2D eigenvalue weighted by Crippen LogP contribution is 2.31. The monoisotopic (exact) mass is 572 g/mol. The van der Waals surface area contributed by atoms with Crippen molar-refractivity contribution in [3.63, 3.8) is 0 Å². The number of morpholine rings is 1. The molecule has 4 aliphatic heterocycles. The van der Waals surface area contributed by atoms with Gasteiger partial charge >= 0.3 is 0 Å². The molecule has 2 fully saturated rings. The largest absolute Gasteiger partial charge is 0.381 e. The number of benzene rings is 1. The number of amides is 2. The summed E-state index contributed by atoms with van der Waals surface area (Å²) in [6, 6.07) is 9.00. The number of carbonyl (C=O) groups excluding carboxylic acids is 2. The molecule has 2 atom stereocenters. The van der Waals surface area contributed by atoms with Gasteiger partial charge in [-0.3, -0.25) is 24.8 Å². The molecule has 0 radical (unpaired) electrons. The normalized spacial score (nSPS) is 25.9. The third kappa shape index (κ3) is 6.08. The number of nitrogens with two attached hydrogens (primary N) is 3. The fourth-order valence-corrected chi connectivity index (χ4v) is 5.38. The number of aliphatic imine (C=N–C) groups is 3. The summed E-state index contributed by atoms with van der Waals surface area (Å²) in [6.45, 7) is 4.02. The van der Waals surface area contributed by atoms with E-state index in [9.17, 15) is 9.59 Å². The van der Waals surface area contributed by atoms with Gasteiger partial charge in [-0.2, -0.15) is 0 Å². The lowest BCUT2D eigenvalue weighted by Gasteiger charge is -2.40. The lowest BCUT2D eigenvalue weighted by molar-refractivity contribution is -0.151. The van der Waals surface area contributed by atoms with E-state index in [4.69, 9.17) is 38.7 Å². The van der Waals surface area contributed by atoms with E-state index in [2.05, 4.69) is 43.0 Å². The average Bonchev–Trinajstić information content (AvgIpc) is 3.25. The molecule has 1 spiro atoms. The van der Waals surface area contributed by atoms with Crippen molar-refractivity contribution in [2.45, 2.75) is 37.1 Å². The van der Waals surface area contributed by atoms with Gasteiger partial charge in [0.05, 0.1) is 18.7 Å². The standard InChI is InChI=1S/C24H33ClN12O3/c25-18-19(26)30-20(33-34-27)17(29-18)21(38)31-23-32-24(14-37(23)28)6-8-36(9-7-24)22(39)16-13-35(10-11-40-16)12-15-4-2-1-3-5-15/h1-5,16-17,34H,6-14,27-28H2,(H2,26,30,33)(H,31,32,38). The molecule has 2 amide bonds. The van der Waals surface area contributed by atoms with Gasteiger partial charge in [0.2, 0.25) is 5.96 Å². The second-order valence-corrected chi connectivity index (χ2v) is 10.5. The number of hydrogen-bond acceptors (Lipinski definition) is 12. The highest BCUT2D eigenvalue weighted by atomic mass is 35.5. The highest BCUT2D eigenvalue weighted by molar-refractivity contribution is 6.84. The van der Waals surface area contributed by atoms with E-state index in [0.29, 0.717) is 45.6 Å². The first-order valence-electron chi connectivity index (χ1n) is 13.0. The Balaban J connectivity index is 1.17. The average molecular weight is 573 g/mol. The summed E-state index contributed by atoms with van der Waals surface area (Å²) in [6.07, 6.45) is 0.673. The molecule has 15 nitrogen and oxygen atoms in total. The number of likely N-dealkylation sites (tertiary alicyclic amines) is 1. The predicted octanol–water partition coefficient (Wildman–Crippen LogP) is -1.94. The van der Waals surface area contributed by atoms with Gasteiger partial charge in [-0.25, -0.2) is 32.2 Å². The molecule has 0 aromatic heterocycles. The number of halogens is 1. The molecule has 0 aliphatic carbocycles. The molecule has 2 saturated heterocycles. The quantitative estimate of drug-likeness (QED) is 0.196. The molecular formula is C24H33ClN12O3. The molecular weight excluding hydrogens is 540 g/mol. The number of piperidine rings is 1. The van der Waals surface area contributed by atoms with Gasteiger partial charge in [0, 0.05) is 32.7 Å². The van der Waals surface area contributed by atoms with Crippen LogP contribution >= 0.6 is 11.6 Å². The Morgan fingerprint density at radius 3 is 2.67 bits per heavy atom. The molecule has 214 valence electrons. The smallest absolute Gasteiger partial charge is 0.259 e. The van der Waals surface area contributed by atoms with Crippen molar-refractivity contribution in [1.82, 2.24) is 25.7 Å². The van der Waals surface area contributed by atoms with E-state index < -0.39 is 23.6 Å². The van der Waals surface area contributed by atoms with Crippen molar-refractivity contribution >= 4 is 46.2 Å². The number of hydrogen-bond donors (Lipinski definition) is 5. The third-order valence-electron chi connectivity index (χ3n) is 7.36. The van der Waals surface area contributed by atoms with Crippen molar-refractivity contribution in [3.05, 3.63) is 35.9 Å². The molecule has 5 rings (SSSR count). The van der Waals surface area contributed by atoms with Crippen LogP contribution < -0.4 is 28.3 Å². The van der Waals surface area contributed by atoms with E-state index in [1.807, 2.05) is 23.1 Å². The number of nitrogens with zero attached hydrogens (tertiary/aromatic N) is 7. The van der Waals surface area contributed by atoms with E-state index in [1.54, 1.807) is 0 Å². The molecule has 1 aromatic carbocycles. The Hall–Kier alpha value is -3.63. The second-order valence-electron chi connectivity index (χ2n) is 10.1. The number of rotatable bonds is 5. The molecule has 1 aromatic rings. The van der Waals surface area contributed by atoms with Crippen LogP contribution in [0.1, 0.15) is 18.4 Å². The van der Waals surface area contributed by atoms with Crippen LogP contribution in [0, 0.1) is 0 Å². The Morgan fingerprint density at radius 2 is 1.95 bits per heavy atom. The zero-order chi connectivity index (χ0) is 28.3. The Morgan fingerprint density at radius 1 is 1.20 bits per heavy atom. The first-order valence-corrected chi connectivity index (χ1v) is 13.4. The molecule has 40 heavy (non-hydrogen) atoms. The maximum Gasteiger partial charge on any atom is 0.259 e. The van der Waals surface area contributed by atoms with Gasteiger partial charge < -0.3 is 15.4 Å². The number of amidine groups is 2. The van der Waals surface area contributed by atoms with Crippen molar-refractivity contribution in [1.29, 1.82) is 0 Å². The van der Waals surface area contributed by atoms with Crippen molar-refractivity contribution in [2.75, 3.05) is 39.3 Å². The summed E-state index contributed by atoms with van der Waals surface area (Å²) >= 11 is 5.97. The summed E-state index contributed by atoms with van der Waals surface area (Å²) in [4.78, 5) is 43.2. The van der Waals surface area contributed by atoms with E-state index >= 15 is 0 Å². The number of hydrazone groups is 1. The lowest BCUT2D eigenvalue weighted by atomic mass is 9.88. The van der Waals surface area contributed by atoms with Crippen molar-refractivity contribution in [3.8, 4) is 0 Å². The number of carbonyl (C=O) groups is 2. The van der Waals surface area contributed by atoms with E-state index in [1.165, 1.54) is 10.6 Å². The van der Waals surface area contributed by atoms with Gasteiger partial charge in [-0.15, -0.1) is 5.10 Å². The third-order valence-corrected chi connectivity index (χ3v) is 7.65. The van der Waals surface area contributed by atoms with Crippen LogP contribution in [0.2, 0.25) is 0 Å². The second kappa shape index (κ2) is 11.9. The Bertz CT molecular complexity index is 1240. The SMILES string of the molecule is NNN=C1N=C(N)C(Cl)=NC1C(=O)NC1=NC2(CCN(C(=O)C3CN(Cc4ccccc4)CCO3)CC2)CN1N. The summed E-state index contributed by atoms with van der Waals surface area (Å²) in [5, 5.41) is 7.70. The van der Waals surface area contributed by atoms with Crippen LogP contribution in [0.15, 0.2) is 50.4 Å². The topological polar surface area (TPSA) is 205 Å². The van der Waals surface area contributed by atoms with Crippen LogP contribution in [0.25, 0.3) is 0 Å². The maximum atomic E-state index is 13.3. The number of hydrazine groups is 2. The van der Waals surface area contributed by atoms with Crippen molar-refractivity contribution < 1.29 is 14.3 Å². The number of nitrogens with one attached hydrogen (secondary N) is 2. The Kier molecular flexibility index (Phi) is 8.27. The molecule has 4 aliphatic rings. The molecule has 0 saturated carbocycles. The van der Waals surface area contributed by atoms with Crippen LogP contribution in [0.5, 0.6) is 0 Å². The minimum atomic E-state index is -1.19. The predicted molar refractivity (Wildman–Crippen MR) is 150 cm³/mol. The van der Waals surface area contributed by atoms with Gasteiger partial charge in [0.25, 0.3) is 11.8 Å². The van der Waals surface area contributed by atoms with E-state index in [0.717, 1.165) is 13.1 Å². The summed E-state index contributed by atoms with van der Waals surface area (Å²) < 4.78 is 5.86. The summed E-state index contributed by atoms with van der Waals surface area (Å²) in [5.74, 6) is 10.9. The van der Waals surface area contributed by atoms with Crippen LogP contribution in [0.4, 0.5) is 0 Å². The number of guanidine groups is 1. The van der Waals surface area contributed by atoms with Gasteiger partial charge in [-0.05, 0) is 18.4 Å². The molecule has 4 heterocycles. The molecule has 2 unspecified atom stereocenters. The highest BCUT2D eigenvalue weighted by Gasteiger charge is 2.44. The summed E-state index contributed by atoms with van der Waals surface area (Å²) in [5.41, 5.74) is 8.43. The minimum Gasteiger partial charge on any atom is -0.381 e. The van der Waals surface area contributed by atoms with Crippen LogP contribution in [-0.2, 0) is 20.9 Å². The molecule has 16 heteroatoms. The lowest BCUT2D eigenvalue weighted by Crippen LogP contribution is -2.55. The first kappa shape index (κ1) is 27.9. The van der Waals surface area contributed by atoms with Crippen LogP contribution in [0.3, 0.4) is 0 Å². The van der Waals surface area contributed by atoms with Crippen molar-refractivity contribution in [2.24, 2.45) is 37.5 Å². The molecule has 0 bridgehead atoms. The fourth-order valence-electron chi connectivity index (χ4n) is 5.24. The van der Waals surface area contributed by atoms with E-state index in [-0.39, 0.29) is 28.7 Å². The van der Waals surface area contributed by atoms with Crippen LogP contribution in [-0.4, -0.2) is 106 Å². The van der Waals surface area contributed by atoms with Gasteiger partial charge in [0.1, 0.15) is 6.10 Å². The maximum absolute atomic E-state index is 13.3.